The van der Waals surface area contributed by atoms with Crippen LogP contribution in [-0.2, 0) is 26.2 Å². The quantitative estimate of drug-likeness (QED) is 0.600. The minimum absolute atomic E-state index is 0. The molecule has 0 aliphatic heterocycles. The van der Waals surface area contributed by atoms with Crippen molar-refractivity contribution >= 4 is 0 Å². The van der Waals surface area contributed by atoms with Crippen LogP contribution in [0.2, 0.25) is 0 Å². The van der Waals surface area contributed by atoms with Crippen LogP contribution in [0.1, 0.15) is 0 Å². The van der Waals surface area contributed by atoms with Crippen LogP contribution in [0.4, 0.5) is 0 Å². The molecule has 0 atom stereocenters. The third kappa shape index (κ3) is 6.00. The Bertz CT molecular complexity index is 144. The molecule has 0 aliphatic carbocycles. The van der Waals surface area contributed by atoms with Crippen LogP contribution in [0.15, 0.2) is 60.7 Å². The summed E-state index contributed by atoms with van der Waals surface area (Å²) >= 11 is 0. The van der Waals surface area contributed by atoms with Gasteiger partial charge in [-0.05, 0) is 0 Å². The summed E-state index contributed by atoms with van der Waals surface area (Å²) < 4.78 is 0. The normalized spacial score (nSPS) is 7.27. The van der Waals surface area contributed by atoms with Crippen LogP contribution < -0.4 is 0 Å². The van der Waals surface area contributed by atoms with E-state index >= 15 is 0 Å². The topological polar surface area (TPSA) is 0 Å². The van der Waals surface area contributed by atoms with Crippen LogP contribution in [0.5, 0.6) is 0 Å². The fourth-order valence-corrected chi connectivity index (χ4v) is 0.642. The molecule has 0 spiro atoms. The standard InChI is InChI=1S/2C5H5.Zr/c2*1-2-4-5-3-1;/h2*1-5H;/q2*-1;+2. The molecule has 0 saturated heterocycles. The Morgan fingerprint density at radius 3 is 0.909 bits per heavy atom. The van der Waals surface area contributed by atoms with E-state index in [1.54, 1.807) is 0 Å². The molecule has 0 bridgehead atoms. The van der Waals surface area contributed by atoms with Gasteiger partial charge in [0.15, 0.2) is 0 Å². The zero-order chi connectivity index (χ0) is 7.07. The Morgan fingerprint density at radius 1 is 0.545 bits per heavy atom. The van der Waals surface area contributed by atoms with E-state index in [-0.39, 0.29) is 26.2 Å². The number of hydrogen-bond acceptors (Lipinski definition) is 0. The van der Waals surface area contributed by atoms with E-state index in [2.05, 4.69) is 0 Å². The van der Waals surface area contributed by atoms with Gasteiger partial charge in [0.25, 0.3) is 0 Å². The summed E-state index contributed by atoms with van der Waals surface area (Å²) in [6, 6.07) is 20.0. The van der Waals surface area contributed by atoms with Crippen molar-refractivity contribution in [3.63, 3.8) is 0 Å². The molecule has 0 aliphatic rings. The Hall–Kier alpha value is -0.417. The first-order valence-corrected chi connectivity index (χ1v) is 3.33. The second kappa shape index (κ2) is 7.69. The van der Waals surface area contributed by atoms with E-state index < -0.39 is 0 Å². The first kappa shape index (κ1) is 10.6. The van der Waals surface area contributed by atoms with Crippen molar-refractivity contribution in [1.82, 2.24) is 0 Å². The average molecular weight is 221 g/mol. The summed E-state index contributed by atoms with van der Waals surface area (Å²) in [5.41, 5.74) is 0. The van der Waals surface area contributed by atoms with Crippen LogP contribution >= 0.6 is 0 Å². The molecule has 0 heterocycles. The molecular formula is C10H10Zr. The predicted octanol–water partition coefficient (Wildman–Crippen LogP) is 2.81. The van der Waals surface area contributed by atoms with Gasteiger partial charge in [-0.1, -0.05) is 0 Å². The molecule has 54 valence electrons. The van der Waals surface area contributed by atoms with Crippen molar-refractivity contribution in [1.29, 1.82) is 0 Å². The SMILES string of the molecule is [Zr+2].c1cc[cH-]c1.c1cc[cH-]c1. The average Bonchev–Trinajstić information content (AvgIpc) is 2.67. The van der Waals surface area contributed by atoms with Crippen molar-refractivity contribution in [3.8, 4) is 0 Å². The van der Waals surface area contributed by atoms with Gasteiger partial charge in [-0.25, -0.2) is 24.3 Å². The van der Waals surface area contributed by atoms with Gasteiger partial charge in [-0.2, -0.15) is 36.4 Å². The molecule has 0 unspecified atom stereocenters. The molecule has 0 radical (unpaired) electrons. The fourth-order valence-electron chi connectivity index (χ4n) is 0.642. The predicted molar refractivity (Wildman–Crippen MR) is 44.1 cm³/mol. The van der Waals surface area contributed by atoms with Gasteiger partial charge in [0.2, 0.25) is 0 Å². The molecule has 11 heavy (non-hydrogen) atoms. The summed E-state index contributed by atoms with van der Waals surface area (Å²) in [6.45, 7) is 0. The molecule has 0 saturated carbocycles. The molecule has 0 aromatic heterocycles. The first-order chi connectivity index (χ1) is 5.00. The molecule has 2 rings (SSSR count). The monoisotopic (exact) mass is 220 g/mol. The van der Waals surface area contributed by atoms with E-state index in [4.69, 9.17) is 0 Å². The summed E-state index contributed by atoms with van der Waals surface area (Å²) in [5, 5.41) is 0. The van der Waals surface area contributed by atoms with Crippen LogP contribution in [0, 0.1) is 0 Å². The first-order valence-electron chi connectivity index (χ1n) is 3.33. The number of rotatable bonds is 0. The van der Waals surface area contributed by atoms with Gasteiger partial charge in [-0.3, -0.25) is 0 Å². The van der Waals surface area contributed by atoms with Gasteiger partial charge >= 0.3 is 26.2 Å². The van der Waals surface area contributed by atoms with Gasteiger partial charge < -0.3 is 0 Å². The third-order valence-corrected chi connectivity index (χ3v) is 1.11. The van der Waals surface area contributed by atoms with E-state index in [1.165, 1.54) is 0 Å². The molecular weight excluding hydrogens is 211 g/mol. The summed E-state index contributed by atoms with van der Waals surface area (Å²) in [5.74, 6) is 0. The van der Waals surface area contributed by atoms with Crippen molar-refractivity contribution in [2.45, 2.75) is 0 Å². The zero-order valence-electron chi connectivity index (χ0n) is 6.27. The molecule has 2 aromatic carbocycles. The maximum atomic E-state index is 2.00. The largest absolute Gasteiger partial charge is 2.00 e. The fraction of sp³-hybridized carbons (Fsp3) is 0. The van der Waals surface area contributed by atoms with E-state index in [1.807, 2.05) is 60.7 Å². The molecule has 0 nitrogen and oxygen atoms in total. The van der Waals surface area contributed by atoms with Crippen LogP contribution in [0.3, 0.4) is 0 Å². The van der Waals surface area contributed by atoms with Gasteiger partial charge in [-0.15, -0.1) is 0 Å². The van der Waals surface area contributed by atoms with Gasteiger partial charge in [0.1, 0.15) is 0 Å². The Labute approximate surface area is 86.7 Å². The van der Waals surface area contributed by atoms with Crippen LogP contribution in [-0.4, -0.2) is 0 Å². The van der Waals surface area contributed by atoms with Crippen LogP contribution in [0.25, 0.3) is 0 Å². The van der Waals surface area contributed by atoms with Crippen molar-refractivity contribution in [2.75, 3.05) is 0 Å². The minimum Gasteiger partial charge on any atom is -0.214 e. The second-order valence-corrected chi connectivity index (χ2v) is 1.92. The summed E-state index contributed by atoms with van der Waals surface area (Å²) in [4.78, 5) is 0. The van der Waals surface area contributed by atoms with Crippen molar-refractivity contribution < 1.29 is 26.2 Å². The Morgan fingerprint density at radius 2 is 0.818 bits per heavy atom. The molecule has 0 N–H and O–H groups in total. The Kier molecular flexibility index (Phi) is 7.40. The second-order valence-electron chi connectivity index (χ2n) is 1.92. The molecule has 0 amide bonds. The van der Waals surface area contributed by atoms with E-state index in [0.717, 1.165) is 0 Å². The van der Waals surface area contributed by atoms with Crippen molar-refractivity contribution in [2.24, 2.45) is 0 Å². The maximum Gasteiger partial charge on any atom is 2.00 e. The summed E-state index contributed by atoms with van der Waals surface area (Å²) in [6.07, 6.45) is 0. The van der Waals surface area contributed by atoms with Crippen molar-refractivity contribution in [3.05, 3.63) is 60.7 Å². The maximum absolute atomic E-state index is 2.00. The molecule has 2 aromatic rings. The molecule has 0 fully saturated rings. The molecule has 1 heteroatoms. The minimum atomic E-state index is 0. The van der Waals surface area contributed by atoms with E-state index in [9.17, 15) is 0 Å². The smallest absolute Gasteiger partial charge is 0.214 e. The van der Waals surface area contributed by atoms with E-state index in [0.29, 0.717) is 0 Å². The zero-order valence-corrected chi connectivity index (χ0v) is 8.73. The number of hydrogen-bond donors (Lipinski definition) is 0. The van der Waals surface area contributed by atoms with Gasteiger partial charge in [0.05, 0.1) is 0 Å². The third-order valence-electron chi connectivity index (χ3n) is 1.11. The Balaban J connectivity index is 0.000000167. The van der Waals surface area contributed by atoms with Gasteiger partial charge in [0, 0.05) is 0 Å². The summed E-state index contributed by atoms with van der Waals surface area (Å²) in [7, 11) is 0.